The van der Waals surface area contributed by atoms with E-state index in [0.717, 1.165) is 11.3 Å². The molecule has 0 unspecified atom stereocenters. The number of nitrogens with one attached hydrogen (secondary N) is 1. The van der Waals surface area contributed by atoms with Gasteiger partial charge in [-0.1, -0.05) is 30.3 Å². The Kier molecular flexibility index (Phi) is 4.05. The van der Waals surface area contributed by atoms with E-state index in [-0.39, 0.29) is 0 Å². The van der Waals surface area contributed by atoms with Crippen molar-refractivity contribution in [2.75, 3.05) is 12.4 Å². The van der Waals surface area contributed by atoms with Gasteiger partial charge >= 0.3 is 0 Å². The van der Waals surface area contributed by atoms with E-state index >= 15 is 0 Å². The number of hydrogen-bond acceptors (Lipinski definition) is 4. The average molecular weight is 229 g/mol. The van der Waals surface area contributed by atoms with E-state index in [1.165, 1.54) is 0 Å². The van der Waals surface area contributed by atoms with Gasteiger partial charge in [-0.2, -0.15) is 0 Å². The lowest BCUT2D eigenvalue weighted by atomic mass is 10.2. The first-order valence-corrected chi connectivity index (χ1v) is 5.50. The Morgan fingerprint density at radius 1 is 1.12 bits per heavy atom. The molecular weight excluding hydrogens is 214 g/mol. The largest absolute Gasteiger partial charge is 0.370 e. The summed E-state index contributed by atoms with van der Waals surface area (Å²) in [6.45, 7) is 1.09. The molecule has 0 fully saturated rings. The van der Waals surface area contributed by atoms with Crippen LogP contribution in [-0.2, 0) is 18.0 Å². The Morgan fingerprint density at radius 3 is 2.71 bits per heavy atom. The molecule has 0 spiro atoms. The van der Waals surface area contributed by atoms with Gasteiger partial charge < -0.3 is 10.1 Å². The normalized spacial score (nSPS) is 10.2. The molecule has 17 heavy (non-hydrogen) atoms. The molecule has 0 saturated heterocycles. The molecule has 0 atom stereocenters. The van der Waals surface area contributed by atoms with Crippen LogP contribution in [0.25, 0.3) is 0 Å². The van der Waals surface area contributed by atoms with Gasteiger partial charge in [0.05, 0.1) is 18.9 Å². The van der Waals surface area contributed by atoms with E-state index < -0.39 is 0 Å². The van der Waals surface area contributed by atoms with Gasteiger partial charge in [0.1, 0.15) is 0 Å². The van der Waals surface area contributed by atoms with E-state index in [2.05, 4.69) is 15.3 Å². The Labute approximate surface area is 101 Å². The van der Waals surface area contributed by atoms with Crippen LogP contribution in [0.3, 0.4) is 0 Å². The number of aromatic nitrogens is 2. The maximum Gasteiger partial charge on any atom is 0.222 e. The molecule has 88 valence electrons. The fourth-order valence-electron chi connectivity index (χ4n) is 1.44. The second-order valence-corrected chi connectivity index (χ2v) is 3.60. The second kappa shape index (κ2) is 5.96. The lowest BCUT2D eigenvalue weighted by molar-refractivity contribution is 0.104. The van der Waals surface area contributed by atoms with Crippen LogP contribution in [0.4, 0.5) is 5.95 Å². The zero-order valence-electron chi connectivity index (χ0n) is 9.76. The monoisotopic (exact) mass is 229 g/mol. The molecule has 2 rings (SSSR count). The van der Waals surface area contributed by atoms with Gasteiger partial charge in [0.2, 0.25) is 5.95 Å². The molecule has 0 bridgehead atoms. The molecule has 0 saturated carbocycles. The molecular formula is C13H15N3O. The van der Waals surface area contributed by atoms with E-state index in [1.54, 1.807) is 13.2 Å². The molecule has 1 aromatic carbocycles. The van der Waals surface area contributed by atoms with Gasteiger partial charge in [0.15, 0.2) is 0 Å². The zero-order valence-corrected chi connectivity index (χ0v) is 9.76. The third-order valence-corrected chi connectivity index (χ3v) is 2.30. The highest BCUT2D eigenvalue weighted by atomic mass is 16.5. The summed E-state index contributed by atoms with van der Waals surface area (Å²) in [6.07, 6.45) is 1.72. The third kappa shape index (κ3) is 3.53. The summed E-state index contributed by atoms with van der Waals surface area (Å²) < 4.78 is 5.59. The number of benzene rings is 1. The van der Waals surface area contributed by atoms with Crippen LogP contribution in [0.1, 0.15) is 11.3 Å². The molecule has 4 heteroatoms. The number of hydrogen-bond donors (Lipinski definition) is 1. The summed E-state index contributed by atoms with van der Waals surface area (Å²) in [5.41, 5.74) is 2.04. The van der Waals surface area contributed by atoms with Crippen LogP contribution in [0.5, 0.6) is 0 Å². The molecule has 0 aliphatic carbocycles. The van der Waals surface area contributed by atoms with Gasteiger partial charge in [-0.05, 0) is 11.6 Å². The SMILES string of the molecule is CNc1nccc(COCc2ccccc2)n1. The number of ether oxygens (including phenoxy) is 1. The zero-order chi connectivity index (χ0) is 11.9. The molecule has 1 N–H and O–H groups in total. The number of nitrogens with zero attached hydrogens (tertiary/aromatic N) is 2. The summed E-state index contributed by atoms with van der Waals surface area (Å²) in [5.74, 6) is 0.616. The minimum Gasteiger partial charge on any atom is -0.370 e. The molecule has 0 radical (unpaired) electrons. The second-order valence-electron chi connectivity index (χ2n) is 3.60. The van der Waals surface area contributed by atoms with Crippen molar-refractivity contribution in [1.29, 1.82) is 0 Å². The predicted molar refractivity (Wildman–Crippen MR) is 66.5 cm³/mol. The van der Waals surface area contributed by atoms with E-state index in [4.69, 9.17) is 4.74 Å². The Balaban J connectivity index is 1.86. The summed E-state index contributed by atoms with van der Waals surface area (Å²) in [5, 5.41) is 2.90. The van der Waals surface area contributed by atoms with Crippen molar-refractivity contribution in [3.05, 3.63) is 53.9 Å². The van der Waals surface area contributed by atoms with Crippen LogP contribution < -0.4 is 5.32 Å². The van der Waals surface area contributed by atoms with E-state index in [0.29, 0.717) is 19.2 Å². The van der Waals surface area contributed by atoms with Crippen molar-refractivity contribution in [3.8, 4) is 0 Å². The highest BCUT2D eigenvalue weighted by Gasteiger charge is 1.98. The number of rotatable bonds is 5. The average Bonchev–Trinajstić information content (AvgIpc) is 2.40. The molecule has 4 nitrogen and oxygen atoms in total. The Hall–Kier alpha value is -1.94. The van der Waals surface area contributed by atoms with E-state index in [9.17, 15) is 0 Å². The maximum absolute atomic E-state index is 5.59. The van der Waals surface area contributed by atoms with Gasteiger partial charge in [-0.3, -0.25) is 0 Å². The van der Waals surface area contributed by atoms with E-state index in [1.807, 2.05) is 36.4 Å². The minimum atomic E-state index is 0.492. The molecule has 0 aliphatic rings. The summed E-state index contributed by atoms with van der Waals surface area (Å²) >= 11 is 0. The van der Waals surface area contributed by atoms with Gasteiger partial charge in [-0.25, -0.2) is 9.97 Å². The summed E-state index contributed by atoms with van der Waals surface area (Å²) in [6, 6.07) is 11.9. The van der Waals surface area contributed by atoms with Gasteiger partial charge in [0.25, 0.3) is 0 Å². The first-order chi connectivity index (χ1) is 8.38. The highest BCUT2D eigenvalue weighted by Crippen LogP contribution is 2.05. The van der Waals surface area contributed by atoms with Crippen molar-refractivity contribution in [2.45, 2.75) is 13.2 Å². The van der Waals surface area contributed by atoms with Crippen molar-refractivity contribution in [2.24, 2.45) is 0 Å². The molecule has 0 amide bonds. The lowest BCUT2D eigenvalue weighted by Crippen LogP contribution is -2.01. The minimum absolute atomic E-state index is 0.492. The standard InChI is InChI=1S/C13H15N3O/c1-14-13-15-8-7-12(16-13)10-17-9-11-5-3-2-4-6-11/h2-8H,9-10H2,1H3,(H,14,15,16). The van der Waals surface area contributed by atoms with Crippen LogP contribution >= 0.6 is 0 Å². The summed E-state index contributed by atoms with van der Waals surface area (Å²) in [4.78, 5) is 8.32. The van der Waals surface area contributed by atoms with Gasteiger partial charge in [-0.15, -0.1) is 0 Å². The lowest BCUT2D eigenvalue weighted by Gasteiger charge is -2.05. The van der Waals surface area contributed by atoms with Crippen LogP contribution in [0.2, 0.25) is 0 Å². The van der Waals surface area contributed by atoms with Crippen molar-refractivity contribution < 1.29 is 4.74 Å². The topological polar surface area (TPSA) is 47.0 Å². The predicted octanol–water partition coefficient (Wildman–Crippen LogP) is 2.24. The first kappa shape index (κ1) is 11.5. The van der Waals surface area contributed by atoms with Crippen molar-refractivity contribution in [1.82, 2.24) is 9.97 Å². The Morgan fingerprint density at radius 2 is 1.94 bits per heavy atom. The quantitative estimate of drug-likeness (QED) is 0.854. The fraction of sp³-hybridized carbons (Fsp3) is 0.231. The van der Waals surface area contributed by atoms with Crippen LogP contribution in [-0.4, -0.2) is 17.0 Å². The van der Waals surface area contributed by atoms with Crippen molar-refractivity contribution in [3.63, 3.8) is 0 Å². The first-order valence-electron chi connectivity index (χ1n) is 5.50. The third-order valence-electron chi connectivity index (χ3n) is 2.30. The van der Waals surface area contributed by atoms with Crippen molar-refractivity contribution >= 4 is 5.95 Å². The maximum atomic E-state index is 5.59. The number of anilines is 1. The molecule has 0 aliphatic heterocycles. The van der Waals surface area contributed by atoms with Gasteiger partial charge in [0, 0.05) is 13.2 Å². The Bertz CT molecular complexity index is 459. The molecule has 1 heterocycles. The smallest absolute Gasteiger partial charge is 0.222 e. The van der Waals surface area contributed by atoms with Crippen LogP contribution in [0, 0.1) is 0 Å². The van der Waals surface area contributed by atoms with Crippen LogP contribution in [0.15, 0.2) is 42.6 Å². The highest BCUT2D eigenvalue weighted by molar-refractivity contribution is 5.23. The fourth-order valence-corrected chi connectivity index (χ4v) is 1.44. The molecule has 1 aromatic heterocycles. The summed E-state index contributed by atoms with van der Waals surface area (Å²) in [7, 11) is 1.80. The molecule has 2 aromatic rings.